The van der Waals surface area contributed by atoms with Crippen LogP contribution in [0.4, 0.5) is 0 Å². The Morgan fingerprint density at radius 1 is 0.907 bits per heavy atom. The van der Waals surface area contributed by atoms with Crippen LogP contribution in [0, 0.1) is 0 Å². The number of likely N-dealkylation sites (N-methyl/N-ethyl adjacent to an activating group) is 1. The SMILES string of the molecule is CCOc1cc(C2/C(=C(\O)c3ccc4c(c3)OCCO4)C(=O)C(=O)N2CCN(CC)CC)ccc1OCc1ccccc1. The van der Waals surface area contributed by atoms with Gasteiger partial charge in [0.15, 0.2) is 23.0 Å². The van der Waals surface area contributed by atoms with Crippen molar-refractivity contribution in [3.63, 3.8) is 0 Å². The second-order valence-electron chi connectivity index (χ2n) is 10.3. The number of carbonyl (C=O) groups is 2. The van der Waals surface area contributed by atoms with Crippen LogP contribution < -0.4 is 18.9 Å². The number of aliphatic hydroxyl groups is 1. The minimum absolute atomic E-state index is 0.0154. The van der Waals surface area contributed by atoms with Gasteiger partial charge in [0.25, 0.3) is 11.7 Å². The van der Waals surface area contributed by atoms with Crippen LogP contribution in [-0.4, -0.2) is 72.6 Å². The summed E-state index contributed by atoms with van der Waals surface area (Å²) in [5, 5.41) is 11.6. The van der Waals surface area contributed by atoms with E-state index in [0.29, 0.717) is 73.6 Å². The minimum Gasteiger partial charge on any atom is -0.507 e. The highest BCUT2D eigenvalue weighted by Crippen LogP contribution is 2.43. The fourth-order valence-electron chi connectivity index (χ4n) is 5.41. The smallest absolute Gasteiger partial charge is 0.295 e. The number of hydrogen-bond acceptors (Lipinski definition) is 8. The zero-order chi connectivity index (χ0) is 30.3. The lowest BCUT2D eigenvalue weighted by Crippen LogP contribution is -2.38. The Morgan fingerprint density at radius 3 is 2.37 bits per heavy atom. The third-order valence-electron chi connectivity index (χ3n) is 7.73. The second-order valence-corrected chi connectivity index (χ2v) is 10.3. The highest BCUT2D eigenvalue weighted by Gasteiger charge is 2.46. The van der Waals surface area contributed by atoms with Crippen molar-refractivity contribution in [1.82, 2.24) is 9.80 Å². The van der Waals surface area contributed by atoms with Crippen LogP contribution in [0.25, 0.3) is 5.76 Å². The van der Waals surface area contributed by atoms with Crippen LogP contribution >= 0.6 is 0 Å². The zero-order valence-electron chi connectivity index (χ0n) is 24.9. The standard InChI is InChI=1S/C34H38N2O7/c1-4-35(5-2)16-17-36-31(24-12-14-27(28(20-24)40-6-3)43-22-23-10-8-7-9-11-23)30(33(38)34(36)39)32(37)25-13-15-26-29(21-25)42-19-18-41-26/h7-15,20-21,31,37H,4-6,16-19,22H2,1-3H3/b32-30+. The van der Waals surface area contributed by atoms with Gasteiger partial charge in [-0.05, 0) is 61.5 Å². The van der Waals surface area contributed by atoms with Crippen LogP contribution in [0.3, 0.4) is 0 Å². The number of aliphatic hydroxyl groups excluding tert-OH is 1. The van der Waals surface area contributed by atoms with E-state index in [0.717, 1.165) is 18.7 Å². The summed E-state index contributed by atoms with van der Waals surface area (Å²) in [4.78, 5) is 30.8. The van der Waals surface area contributed by atoms with Gasteiger partial charge in [-0.2, -0.15) is 0 Å². The zero-order valence-corrected chi connectivity index (χ0v) is 24.9. The molecule has 5 rings (SSSR count). The van der Waals surface area contributed by atoms with Crippen molar-refractivity contribution in [2.45, 2.75) is 33.4 Å². The maximum Gasteiger partial charge on any atom is 0.295 e. The Bertz CT molecular complexity index is 1480. The number of rotatable bonds is 12. The van der Waals surface area contributed by atoms with Gasteiger partial charge < -0.3 is 33.9 Å². The Morgan fingerprint density at radius 2 is 1.65 bits per heavy atom. The molecule has 1 fully saturated rings. The molecule has 2 heterocycles. The predicted molar refractivity (Wildman–Crippen MR) is 163 cm³/mol. The van der Waals surface area contributed by atoms with E-state index in [9.17, 15) is 14.7 Å². The molecule has 1 amide bonds. The molecule has 43 heavy (non-hydrogen) atoms. The fraction of sp³-hybridized carbons (Fsp3) is 0.353. The number of hydrogen-bond donors (Lipinski definition) is 1. The summed E-state index contributed by atoms with van der Waals surface area (Å²) in [7, 11) is 0. The number of ether oxygens (including phenoxy) is 4. The highest BCUT2D eigenvalue weighted by molar-refractivity contribution is 6.46. The monoisotopic (exact) mass is 586 g/mol. The van der Waals surface area contributed by atoms with Gasteiger partial charge in [0.05, 0.1) is 18.2 Å². The highest BCUT2D eigenvalue weighted by atomic mass is 16.6. The lowest BCUT2D eigenvalue weighted by atomic mass is 9.94. The average molecular weight is 587 g/mol. The average Bonchev–Trinajstić information content (AvgIpc) is 3.29. The summed E-state index contributed by atoms with van der Waals surface area (Å²) in [6.07, 6.45) is 0. The molecule has 1 unspecified atom stereocenters. The summed E-state index contributed by atoms with van der Waals surface area (Å²) in [6.45, 7) is 10.1. The first-order valence-electron chi connectivity index (χ1n) is 14.8. The van der Waals surface area contributed by atoms with Gasteiger partial charge in [0.1, 0.15) is 25.6 Å². The van der Waals surface area contributed by atoms with E-state index in [1.165, 1.54) is 0 Å². The van der Waals surface area contributed by atoms with Crippen LogP contribution in [0.1, 0.15) is 43.5 Å². The van der Waals surface area contributed by atoms with Gasteiger partial charge >= 0.3 is 0 Å². The van der Waals surface area contributed by atoms with Crippen molar-refractivity contribution in [3.05, 3.63) is 89.0 Å². The Hall–Kier alpha value is -4.50. The van der Waals surface area contributed by atoms with Crippen LogP contribution in [0.2, 0.25) is 0 Å². The largest absolute Gasteiger partial charge is 0.507 e. The Balaban J connectivity index is 1.56. The number of carbonyl (C=O) groups excluding carboxylic acids is 2. The number of nitrogens with zero attached hydrogens (tertiary/aromatic N) is 2. The maximum absolute atomic E-state index is 13.6. The van der Waals surface area contributed by atoms with Gasteiger partial charge in [-0.15, -0.1) is 0 Å². The molecule has 2 aliphatic heterocycles. The molecule has 3 aromatic rings. The summed E-state index contributed by atoms with van der Waals surface area (Å²) in [5.41, 5.74) is 2.02. The summed E-state index contributed by atoms with van der Waals surface area (Å²) >= 11 is 0. The van der Waals surface area contributed by atoms with Gasteiger partial charge in [-0.3, -0.25) is 9.59 Å². The molecule has 0 saturated carbocycles. The molecular weight excluding hydrogens is 548 g/mol. The van der Waals surface area contributed by atoms with Crippen molar-refractivity contribution in [2.75, 3.05) is 46.0 Å². The van der Waals surface area contributed by atoms with E-state index < -0.39 is 17.7 Å². The second kappa shape index (κ2) is 13.6. The molecule has 9 heteroatoms. The Labute approximate surface area is 252 Å². The molecule has 1 N–H and O–H groups in total. The van der Waals surface area contributed by atoms with E-state index in [1.807, 2.05) is 43.3 Å². The van der Waals surface area contributed by atoms with Crippen molar-refractivity contribution >= 4 is 17.4 Å². The van der Waals surface area contributed by atoms with Crippen molar-refractivity contribution < 1.29 is 33.6 Å². The van der Waals surface area contributed by atoms with E-state index in [1.54, 1.807) is 35.2 Å². The molecule has 3 aromatic carbocycles. The molecule has 226 valence electrons. The summed E-state index contributed by atoms with van der Waals surface area (Å²) < 4.78 is 23.4. The third-order valence-corrected chi connectivity index (χ3v) is 7.73. The van der Waals surface area contributed by atoms with Crippen molar-refractivity contribution in [2.24, 2.45) is 0 Å². The molecule has 9 nitrogen and oxygen atoms in total. The first-order valence-corrected chi connectivity index (χ1v) is 14.8. The van der Waals surface area contributed by atoms with E-state index in [4.69, 9.17) is 18.9 Å². The molecule has 1 saturated heterocycles. The number of likely N-dealkylation sites (tertiary alicyclic amines) is 1. The topological polar surface area (TPSA) is 97.8 Å². The molecule has 0 aromatic heterocycles. The quantitative estimate of drug-likeness (QED) is 0.176. The lowest BCUT2D eigenvalue weighted by Gasteiger charge is -2.28. The van der Waals surface area contributed by atoms with Crippen LogP contribution in [-0.2, 0) is 16.2 Å². The van der Waals surface area contributed by atoms with Gasteiger partial charge in [-0.25, -0.2) is 0 Å². The Kier molecular flexibility index (Phi) is 9.51. The number of Topliss-reactive ketones (excluding diaryl/α,β-unsaturated/α-hetero) is 1. The number of ketones is 1. The summed E-state index contributed by atoms with van der Waals surface area (Å²) in [5.74, 6) is 0.407. The van der Waals surface area contributed by atoms with E-state index in [-0.39, 0.29) is 11.3 Å². The van der Waals surface area contributed by atoms with Crippen LogP contribution in [0.5, 0.6) is 23.0 Å². The fourth-order valence-corrected chi connectivity index (χ4v) is 5.41. The molecule has 0 bridgehead atoms. The molecule has 0 radical (unpaired) electrons. The van der Waals surface area contributed by atoms with Gasteiger partial charge in [-0.1, -0.05) is 50.2 Å². The lowest BCUT2D eigenvalue weighted by molar-refractivity contribution is -0.140. The molecule has 0 spiro atoms. The van der Waals surface area contributed by atoms with Gasteiger partial charge in [0.2, 0.25) is 0 Å². The van der Waals surface area contributed by atoms with Crippen LogP contribution in [0.15, 0.2) is 72.3 Å². The number of benzene rings is 3. The number of fused-ring (bicyclic) bond motifs is 1. The first-order chi connectivity index (χ1) is 20.9. The maximum atomic E-state index is 13.6. The third kappa shape index (κ3) is 6.46. The predicted octanol–water partition coefficient (Wildman–Crippen LogP) is 5.20. The van der Waals surface area contributed by atoms with Crippen molar-refractivity contribution in [3.8, 4) is 23.0 Å². The van der Waals surface area contributed by atoms with Crippen molar-refractivity contribution in [1.29, 1.82) is 0 Å². The minimum atomic E-state index is -0.828. The summed E-state index contributed by atoms with van der Waals surface area (Å²) in [6, 6.07) is 19.4. The van der Waals surface area contributed by atoms with E-state index in [2.05, 4.69) is 18.7 Å². The molecular formula is C34H38N2O7. The van der Waals surface area contributed by atoms with E-state index >= 15 is 0 Å². The normalized spacial score (nSPS) is 17.4. The molecule has 0 aliphatic carbocycles. The molecule has 2 aliphatic rings. The molecule has 1 atom stereocenters. The first kappa shape index (κ1) is 30.0. The van der Waals surface area contributed by atoms with Gasteiger partial charge in [0, 0.05) is 18.7 Å². The number of amides is 1.